The quantitative estimate of drug-likeness (QED) is 0.896. The third-order valence-corrected chi connectivity index (χ3v) is 3.79. The molecule has 21 heavy (non-hydrogen) atoms. The van der Waals surface area contributed by atoms with Crippen LogP contribution in [0.5, 0.6) is 5.75 Å². The lowest BCUT2D eigenvalue weighted by molar-refractivity contribution is -0.120. The highest BCUT2D eigenvalue weighted by atomic mass is 32.1. The van der Waals surface area contributed by atoms with Crippen molar-refractivity contribution in [2.45, 2.75) is 20.3 Å². The molecular formula is C14H14N4O2S. The maximum atomic E-state index is 11.5. The molecule has 2 rings (SSSR count). The fourth-order valence-electron chi connectivity index (χ4n) is 1.78. The van der Waals surface area contributed by atoms with Crippen LogP contribution in [0.1, 0.15) is 23.7 Å². The number of thiazole rings is 1. The standard InChI is InChI=1S/C14H14N4O2S/c1-3-16-11(19)4-10-7-21-14(18-10)12-13(20)8(2)9(5-15)6-17-12/h6-7,20H,3-4H2,1-2H3,(H,16,19). The summed E-state index contributed by atoms with van der Waals surface area (Å²) in [6.07, 6.45) is 1.61. The Balaban J connectivity index is 2.28. The van der Waals surface area contributed by atoms with Crippen LogP contribution in [0.15, 0.2) is 11.6 Å². The second kappa shape index (κ2) is 6.33. The summed E-state index contributed by atoms with van der Waals surface area (Å²) < 4.78 is 0. The molecule has 0 radical (unpaired) electrons. The lowest BCUT2D eigenvalue weighted by Gasteiger charge is -2.04. The smallest absolute Gasteiger partial charge is 0.226 e. The summed E-state index contributed by atoms with van der Waals surface area (Å²) in [5, 5.41) is 24.0. The number of amides is 1. The van der Waals surface area contributed by atoms with Gasteiger partial charge in [0.2, 0.25) is 5.91 Å². The largest absolute Gasteiger partial charge is 0.505 e. The number of hydrogen-bond donors (Lipinski definition) is 2. The van der Waals surface area contributed by atoms with Gasteiger partial charge >= 0.3 is 0 Å². The number of aromatic nitrogens is 2. The zero-order valence-corrected chi connectivity index (χ0v) is 12.5. The molecule has 0 aliphatic rings. The molecular weight excluding hydrogens is 288 g/mol. The van der Waals surface area contributed by atoms with E-state index in [4.69, 9.17) is 5.26 Å². The fraction of sp³-hybridized carbons (Fsp3) is 0.286. The minimum absolute atomic E-state index is 0.0482. The first-order valence-corrected chi connectivity index (χ1v) is 7.24. The number of aromatic hydroxyl groups is 1. The van der Waals surface area contributed by atoms with Gasteiger partial charge in [-0.15, -0.1) is 11.3 Å². The molecule has 0 atom stereocenters. The molecule has 1 amide bonds. The average Bonchev–Trinajstić information content (AvgIpc) is 2.90. The van der Waals surface area contributed by atoms with Crippen LogP contribution in [0, 0.1) is 18.3 Å². The molecule has 0 aliphatic carbocycles. The average molecular weight is 302 g/mol. The number of likely N-dealkylation sites (N-methyl/N-ethyl adjacent to an activating group) is 1. The molecule has 2 heterocycles. The molecule has 0 aromatic carbocycles. The van der Waals surface area contributed by atoms with Crippen LogP contribution in [0.3, 0.4) is 0 Å². The summed E-state index contributed by atoms with van der Waals surface area (Å²) in [5.41, 5.74) is 1.76. The van der Waals surface area contributed by atoms with Crippen LogP contribution in [0.2, 0.25) is 0 Å². The van der Waals surface area contributed by atoms with E-state index in [9.17, 15) is 9.90 Å². The summed E-state index contributed by atoms with van der Waals surface area (Å²) in [7, 11) is 0. The summed E-state index contributed by atoms with van der Waals surface area (Å²) >= 11 is 1.30. The van der Waals surface area contributed by atoms with Crippen LogP contribution in [0.4, 0.5) is 0 Å². The first kappa shape index (κ1) is 14.9. The highest BCUT2D eigenvalue weighted by Gasteiger charge is 2.16. The van der Waals surface area contributed by atoms with Crippen LogP contribution in [-0.4, -0.2) is 27.5 Å². The second-order valence-electron chi connectivity index (χ2n) is 4.38. The minimum Gasteiger partial charge on any atom is -0.505 e. The van der Waals surface area contributed by atoms with Crippen LogP contribution in [-0.2, 0) is 11.2 Å². The third-order valence-electron chi connectivity index (χ3n) is 2.90. The number of carbonyl (C=O) groups is 1. The Labute approximate surface area is 126 Å². The van der Waals surface area contributed by atoms with E-state index in [0.29, 0.717) is 34.1 Å². The van der Waals surface area contributed by atoms with Crippen LogP contribution in [0.25, 0.3) is 10.7 Å². The number of carbonyl (C=O) groups excluding carboxylic acids is 1. The van der Waals surface area contributed by atoms with Gasteiger partial charge in [0.25, 0.3) is 0 Å². The Bertz CT molecular complexity index is 718. The predicted molar refractivity (Wildman–Crippen MR) is 78.8 cm³/mol. The van der Waals surface area contributed by atoms with Gasteiger partial charge in [-0.2, -0.15) is 5.26 Å². The van der Waals surface area contributed by atoms with Crippen molar-refractivity contribution in [3.05, 3.63) is 28.4 Å². The second-order valence-corrected chi connectivity index (χ2v) is 5.24. The summed E-state index contributed by atoms with van der Waals surface area (Å²) in [6.45, 7) is 4.08. The van der Waals surface area contributed by atoms with Crippen molar-refractivity contribution in [3.63, 3.8) is 0 Å². The van der Waals surface area contributed by atoms with Gasteiger partial charge in [0.15, 0.2) is 0 Å². The first-order chi connectivity index (χ1) is 10.1. The lowest BCUT2D eigenvalue weighted by Crippen LogP contribution is -2.24. The van der Waals surface area contributed by atoms with E-state index in [2.05, 4.69) is 15.3 Å². The number of nitrogens with zero attached hydrogens (tertiary/aromatic N) is 3. The monoisotopic (exact) mass is 302 g/mol. The normalized spacial score (nSPS) is 10.1. The SMILES string of the molecule is CCNC(=O)Cc1csc(-c2ncc(C#N)c(C)c2O)n1. The van der Waals surface area contributed by atoms with E-state index >= 15 is 0 Å². The molecule has 2 aromatic heterocycles. The Kier molecular flexibility index (Phi) is 4.50. The zero-order valence-electron chi connectivity index (χ0n) is 11.7. The van der Waals surface area contributed by atoms with Crippen molar-refractivity contribution in [1.29, 1.82) is 5.26 Å². The van der Waals surface area contributed by atoms with Crippen LogP contribution < -0.4 is 5.32 Å². The molecule has 0 saturated carbocycles. The van der Waals surface area contributed by atoms with Crippen LogP contribution >= 0.6 is 11.3 Å². The lowest BCUT2D eigenvalue weighted by atomic mass is 10.1. The summed E-state index contributed by atoms with van der Waals surface area (Å²) in [4.78, 5) is 19.9. The van der Waals surface area contributed by atoms with Gasteiger partial charge in [-0.1, -0.05) is 0 Å². The highest BCUT2D eigenvalue weighted by molar-refractivity contribution is 7.13. The number of hydrogen-bond acceptors (Lipinski definition) is 6. The van der Waals surface area contributed by atoms with Crippen molar-refractivity contribution in [2.24, 2.45) is 0 Å². The molecule has 0 spiro atoms. The molecule has 2 N–H and O–H groups in total. The van der Waals surface area contributed by atoms with Crippen molar-refractivity contribution >= 4 is 17.2 Å². The topological polar surface area (TPSA) is 98.9 Å². The molecule has 0 saturated heterocycles. The van der Waals surface area contributed by atoms with E-state index in [1.54, 1.807) is 12.3 Å². The van der Waals surface area contributed by atoms with Gasteiger partial charge < -0.3 is 10.4 Å². The van der Waals surface area contributed by atoms with Crippen molar-refractivity contribution in [2.75, 3.05) is 6.54 Å². The molecule has 0 fully saturated rings. The van der Waals surface area contributed by atoms with Crippen molar-refractivity contribution < 1.29 is 9.90 Å². The Morgan fingerprint density at radius 2 is 2.33 bits per heavy atom. The molecule has 0 unspecified atom stereocenters. The maximum absolute atomic E-state index is 11.5. The Hall–Kier alpha value is -2.46. The molecule has 2 aromatic rings. The Morgan fingerprint density at radius 3 is 3.00 bits per heavy atom. The van der Waals surface area contributed by atoms with Gasteiger partial charge in [-0.3, -0.25) is 4.79 Å². The van der Waals surface area contributed by atoms with Crippen molar-refractivity contribution in [3.8, 4) is 22.5 Å². The highest BCUT2D eigenvalue weighted by Crippen LogP contribution is 2.33. The van der Waals surface area contributed by atoms with E-state index in [0.717, 1.165) is 0 Å². The number of pyridine rings is 1. The van der Waals surface area contributed by atoms with E-state index in [1.807, 2.05) is 13.0 Å². The number of rotatable bonds is 4. The summed E-state index contributed by atoms with van der Waals surface area (Å²) in [5.74, 6) is -0.143. The van der Waals surface area contributed by atoms with E-state index in [1.165, 1.54) is 17.5 Å². The van der Waals surface area contributed by atoms with Gasteiger partial charge in [-0.05, 0) is 13.8 Å². The van der Waals surface area contributed by atoms with Gasteiger partial charge in [0.05, 0.1) is 17.7 Å². The molecule has 0 aliphatic heterocycles. The first-order valence-electron chi connectivity index (χ1n) is 6.37. The Morgan fingerprint density at radius 1 is 1.57 bits per heavy atom. The number of nitrogens with one attached hydrogen (secondary N) is 1. The molecule has 0 bridgehead atoms. The fourth-order valence-corrected chi connectivity index (χ4v) is 2.60. The maximum Gasteiger partial charge on any atom is 0.226 e. The van der Waals surface area contributed by atoms with Gasteiger partial charge in [0.1, 0.15) is 22.5 Å². The molecule has 108 valence electrons. The number of nitriles is 1. The minimum atomic E-state index is -0.0949. The van der Waals surface area contributed by atoms with E-state index in [-0.39, 0.29) is 18.1 Å². The van der Waals surface area contributed by atoms with Crippen molar-refractivity contribution in [1.82, 2.24) is 15.3 Å². The molecule has 6 nitrogen and oxygen atoms in total. The zero-order chi connectivity index (χ0) is 15.4. The molecule has 7 heteroatoms. The van der Waals surface area contributed by atoms with Gasteiger partial charge in [0, 0.05) is 23.7 Å². The third kappa shape index (κ3) is 3.17. The van der Waals surface area contributed by atoms with E-state index < -0.39 is 0 Å². The van der Waals surface area contributed by atoms with Gasteiger partial charge in [-0.25, -0.2) is 9.97 Å². The predicted octanol–water partition coefficient (Wildman–Crippen LogP) is 1.77. The summed E-state index contributed by atoms with van der Waals surface area (Å²) in [6, 6.07) is 1.97.